The van der Waals surface area contributed by atoms with Gasteiger partial charge in [-0.2, -0.15) is 5.10 Å². The number of hydrogen-bond acceptors (Lipinski definition) is 4. The smallest absolute Gasteiger partial charge is 0.239 e. The predicted octanol–water partition coefficient (Wildman–Crippen LogP) is 0.573. The summed E-state index contributed by atoms with van der Waals surface area (Å²) >= 11 is 0. The highest BCUT2D eigenvalue weighted by atomic mass is 16.3. The average Bonchev–Trinajstić information content (AvgIpc) is 2.84. The van der Waals surface area contributed by atoms with Crippen molar-refractivity contribution in [2.45, 2.75) is 13.1 Å². The first-order chi connectivity index (χ1) is 7.74. The molecule has 2 heterocycles. The number of furan rings is 1. The van der Waals surface area contributed by atoms with E-state index in [9.17, 15) is 4.79 Å². The minimum Gasteiger partial charge on any atom is -0.467 e. The van der Waals surface area contributed by atoms with E-state index >= 15 is 0 Å². The van der Waals surface area contributed by atoms with Gasteiger partial charge < -0.3 is 15.5 Å². The van der Waals surface area contributed by atoms with Gasteiger partial charge in [-0.25, -0.2) is 0 Å². The lowest BCUT2D eigenvalue weighted by Crippen LogP contribution is -2.18. The second-order valence-corrected chi connectivity index (χ2v) is 3.33. The van der Waals surface area contributed by atoms with E-state index in [0.717, 1.165) is 11.4 Å². The molecule has 6 nitrogen and oxygen atoms in total. The van der Waals surface area contributed by atoms with Crippen molar-refractivity contribution >= 4 is 11.6 Å². The molecule has 6 heteroatoms. The fourth-order valence-electron chi connectivity index (χ4n) is 1.30. The number of aromatic nitrogens is 2. The first kappa shape index (κ1) is 10.3. The molecular weight excluding hydrogens is 208 g/mol. The van der Waals surface area contributed by atoms with Crippen LogP contribution in [0.25, 0.3) is 0 Å². The van der Waals surface area contributed by atoms with E-state index in [1.54, 1.807) is 18.7 Å². The van der Waals surface area contributed by atoms with Crippen molar-refractivity contribution in [2.75, 3.05) is 5.32 Å². The largest absolute Gasteiger partial charge is 0.467 e. The summed E-state index contributed by atoms with van der Waals surface area (Å²) in [6.45, 7) is 0.664. The van der Waals surface area contributed by atoms with Crippen molar-refractivity contribution in [1.82, 2.24) is 9.78 Å². The third kappa shape index (κ3) is 2.63. The molecule has 0 unspecified atom stereocenters. The number of carbonyl (C=O) groups is 1. The molecular formula is C10H12N4O2. The van der Waals surface area contributed by atoms with Gasteiger partial charge in [0.25, 0.3) is 0 Å². The molecule has 0 saturated carbocycles. The lowest BCUT2D eigenvalue weighted by Gasteiger charge is -1.99. The Hall–Kier alpha value is -2.24. The maximum Gasteiger partial charge on any atom is 0.239 e. The molecule has 0 saturated heterocycles. The number of hydrogen-bond donors (Lipinski definition) is 2. The third-order valence-electron chi connectivity index (χ3n) is 2.00. The number of nitrogens with one attached hydrogen (secondary N) is 1. The van der Waals surface area contributed by atoms with Gasteiger partial charge in [0.2, 0.25) is 5.91 Å². The van der Waals surface area contributed by atoms with Crippen LogP contribution in [0.3, 0.4) is 0 Å². The van der Waals surface area contributed by atoms with Crippen LogP contribution in [-0.4, -0.2) is 15.7 Å². The Kier molecular flexibility index (Phi) is 2.90. The summed E-state index contributed by atoms with van der Waals surface area (Å²) in [5, 5.41) is 7.09. The highest BCUT2D eigenvalue weighted by Crippen LogP contribution is 2.08. The monoisotopic (exact) mass is 220 g/mol. The Morgan fingerprint density at radius 3 is 3.19 bits per heavy atom. The lowest BCUT2D eigenvalue weighted by atomic mass is 10.4. The predicted molar refractivity (Wildman–Crippen MR) is 57.5 cm³/mol. The Bertz CT molecular complexity index is 461. The molecule has 0 atom stereocenters. The Morgan fingerprint density at radius 1 is 1.62 bits per heavy atom. The second-order valence-electron chi connectivity index (χ2n) is 3.33. The summed E-state index contributed by atoms with van der Waals surface area (Å²) in [7, 11) is 0. The van der Waals surface area contributed by atoms with Crippen LogP contribution < -0.4 is 11.1 Å². The van der Waals surface area contributed by atoms with E-state index in [0.29, 0.717) is 6.54 Å². The van der Waals surface area contributed by atoms with E-state index in [1.807, 2.05) is 12.1 Å². The van der Waals surface area contributed by atoms with Gasteiger partial charge in [-0.15, -0.1) is 0 Å². The fourth-order valence-corrected chi connectivity index (χ4v) is 1.30. The Balaban J connectivity index is 1.90. The summed E-state index contributed by atoms with van der Waals surface area (Å²) in [5.74, 6) is 0.420. The molecule has 0 spiro atoms. The number of primary amides is 1. The van der Waals surface area contributed by atoms with E-state index in [1.165, 1.54) is 4.68 Å². The van der Waals surface area contributed by atoms with Crippen LogP contribution in [0.4, 0.5) is 5.69 Å². The third-order valence-corrected chi connectivity index (χ3v) is 2.00. The van der Waals surface area contributed by atoms with Gasteiger partial charge in [-0.1, -0.05) is 0 Å². The summed E-state index contributed by atoms with van der Waals surface area (Å²) in [6, 6.07) is 3.70. The number of rotatable bonds is 5. The number of carbonyl (C=O) groups excluding carboxylic acids is 1. The quantitative estimate of drug-likeness (QED) is 0.771. The molecule has 0 fully saturated rings. The van der Waals surface area contributed by atoms with Crippen LogP contribution in [0.2, 0.25) is 0 Å². The molecule has 0 aliphatic heterocycles. The Labute approximate surface area is 92.0 Å². The van der Waals surface area contributed by atoms with Crippen LogP contribution in [0, 0.1) is 0 Å². The molecule has 3 N–H and O–H groups in total. The molecule has 1 amide bonds. The van der Waals surface area contributed by atoms with Gasteiger partial charge >= 0.3 is 0 Å². The first-order valence-electron chi connectivity index (χ1n) is 4.81. The summed E-state index contributed by atoms with van der Waals surface area (Å²) in [5.41, 5.74) is 5.87. The standard InChI is InChI=1S/C10H12N4O2/c11-10(15)7-14-6-8(4-13-14)12-5-9-2-1-3-16-9/h1-4,6,12H,5,7H2,(H2,11,15). The van der Waals surface area contributed by atoms with Crippen LogP contribution >= 0.6 is 0 Å². The number of nitrogens with zero attached hydrogens (tertiary/aromatic N) is 2. The molecule has 2 aromatic heterocycles. The highest BCUT2D eigenvalue weighted by Gasteiger charge is 2.01. The highest BCUT2D eigenvalue weighted by molar-refractivity contribution is 5.73. The van der Waals surface area contributed by atoms with Gasteiger partial charge in [0.1, 0.15) is 12.3 Å². The zero-order valence-electron chi connectivity index (χ0n) is 8.59. The zero-order valence-corrected chi connectivity index (χ0v) is 8.59. The average molecular weight is 220 g/mol. The molecule has 84 valence electrons. The van der Waals surface area contributed by atoms with Gasteiger partial charge in [0, 0.05) is 6.20 Å². The van der Waals surface area contributed by atoms with Crippen molar-refractivity contribution in [2.24, 2.45) is 5.73 Å². The number of anilines is 1. The number of amides is 1. The zero-order chi connectivity index (χ0) is 11.4. The van der Waals surface area contributed by atoms with E-state index in [2.05, 4.69) is 10.4 Å². The van der Waals surface area contributed by atoms with Crippen molar-refractivity contribution in [3.63, 3.8) is 0 Å². The van der Waals surface area contributed by atoms with Crippen LogP contribution in [0.15, 0.2) is 35.2 Å². The van der Waals surface area contributed by atoms with Crippen molar-refractivity contribution < 1.29 is 9.21 Å². The summed E-state index contributed by atoms with van der Waals surface area (Å²) in [4.78, 5) is 10.6. The SMILES string of the molecule is NC(=O)Cn1cc(NCc2ccco2)cn1. The van der Waals surface area contributed by atoms with Gasteiger partial charge in [-0.05, 0) is 12.1 Å². The normalized spacial score (nSPS) is 10.2. The van der Waals surface area contributed by atoms with Gasteiger partial charge in [0.05, 0.1) is 24.7 Å². The maximum absolute atomic E-state index is 10.6. The first-order valence-corrected chi connectivity index (χ1v) is 4.81. The van der Waals surface area contributed by atoms with E-state index < -0.39 is 5.91 Å². The molecule has 0 aromatic carbocycles. The van der Waals surface area contributed by atoms with Gasteiger partial charge in [-0.3, -0.25) is 9.48 Å². The molecule has 16 heavy (non-hydrogen) atoms. The number of nitrogens with two attached hydrogens (primary N) is 1. The van der Waals surface area contributed by atoms with Crippen molar-refractivity contribution in [3.05, 3.63) is 36.5 Å². The van der Waals surface area contributed by atoms with Crippen LogP contribution in [-0.2, 0) is 17.9 Å². The minimum absolute atomic E-state index is 0.0857. The molecule has 0 aliphatic rings. The molecule has 0 aliphatic carbocycles. The molecule has 2 aromatic rings. The van der Waals surface area contributed by atoms with Crippen LogP contribution in [0.5, 0.6) is 0 Å². The van der Waals surface area contributed by atoms with Crippen LogP contribution in [0.1, 0.15) is 5.76 Å². The topological polar surface area (TPSA) is 86.1 Å². The minimum atomic E-state index is -0.416. The maximum atomic E-state index is 10.6. The van der Waals surface area contributed by atoms with Crippen molar-refractivity contribution in [3.8, 4) is 0 Å². The van der Waals surface area contributed by atoms with E-state index in [4.69, 9.17) is 10.2 Å². The van der Waals surface area contributed by atoms with Gasteiger partial charge in [0.15, 0.2) is 0 Å². The van der Waals surface area contributed by atoms with E-state index in [-0.39, 0.29) is 6.54 Å². The fraction of sp³-hybridized carbons (Fsp3) is 0.200. The summed E-state index contributed by atoms with van der Waals surface area (Å²) < 4.78 is 6.64. The molecule has 0 radical (unpaired) electrons. The molecule has 0 bridgehead atoms. The molecule has 2 rings (SSSR count). The van der Waals surface area contributed by atoms with Crippen molar-refractivity contribution in [1.29, 1.82) is 0 Å². The lowest BCUT2D eigenvalue weighted by molar-refractivity contribution is -0.118. The Morgan fingerprint density at radius 2 is 2.50 bits per heavy atom. The second kappa shape index (κ2) is 4.52. The summed E-state index contributed by atoms with van der Waals surface area (Å²) in [6.07, 6.45) is 4.97.